The minimum atomic E-state index is -0.323. The molecule has 24 heavy (non-hydrogen) atoms. The summed E-state index contributed by atoms with van der Waals surface area (Å²) in [4.78, 5) is 16.7. The maximum atomic E-state index is 12.2. The van der Waals surface area contributed by atoms with Gasteiger partial charge in [0.25, 0.3) is 0 Å². The van der Waals surface area contributed by atoms with E-state index < -0.39 is 0 Å². The zero-order valence-electron chi connectivity index (χ0n) is 13.6. The maximum Gasteiger partial charge on any atom is 0.337 e. The Kier molecular flexibility index (Phi) is 5.00. The highest BCUT2D eigenvalue weighted by Gasteiger charge is 2.17. The van der Waals surface area contributed by atoms with Crippen molar-refractivity contribution in [3.8, 4) is 0 Å². The third-order valence-electron chi connectivity index (χ3n) is 3.81. The van der Waals surface area contributed by atoms with Gasteiger partial charge in [0.1, 0.15) is 5.52 Å². The second-order valence-electron chi connectivity index (χ2n) is 5.50. The zero-order valence-corrected chi connectivity index (χ0v) is 15.2. The first kappa shape index (κ1) is 16.7. The van der Waals surface area contributed by atoms with Crippen LogP contribution in [0.1, 0.15) is 26.2 Å². The first-order valence-electron chi connectivity index (χ1n) is 7.96. The SMILES string of the molecule is CCOC(=O)C1=CC(CC)C=CC(c2nc3cc(Br)ccc3o2)=C1. The largest absolute Gasteiger partial charge is 0.462 e. The van der Waals surface area contributed by atoms with E-state index in [1.165, 1.54) is 0 Å². The Morgan fingerprint density at radius 1 is 1.38 bits per heavy atom. The van der Waals surface area contributed by atoms with Crippen LogP contribution in [0.5, 0.6) is 0 Å². The van der Waals surface area contributed by atoms with Crippen molar-refractivity contribution in [2.45, 2.75) is 20.3 Å². The number of carbonyl (C=O) groups is 1. The number of nitrogens with zero attached hydrogens (tertiary/aromatic N) is 1. The van der Waals surface area contributed by atoms with Crippen LogP contribution in [0.25, 0.3) is 16.7 Å². The highest BCUT2D eigenvalue weighted by atomic mass is 79.9. The van der Waals surface area contributed by atoms with E-state index in [4.69, 9.17) is 9.15 Å². The lowest BCUT2D eigenvalue weighted by molar-refractivity contribution is -0.138. The number of esters is 1. The molecule has 0 fully saturated rings. The highest BCUT2D eigenvalue weighted by Crippen LogP contribution is 2.28. The number of aromatic nitrogens is 1. The van der Waals surface area contributed by atoms with Gasteiger partial charge in [-0.15, -0.1) is 0 Å². The van der Waals surface area contributed by atoms with Gasteiger partial charge in [0, 0.05) is 10.0 Å². The van der Waals surface area contributed by atoms with Crippen LogP contribution in [0.15, 0.2) is 57.0 Å². The molecule has 0 amide bonds. The number of ether oxygens (including phenoxy) is 1. The van der Waals surface area contributed by atoms with Crippen molar-refractivity contribution >= 4 is 38.6 Å². The van der Waals surface area contributed by atoms with Gasteiger partial charge in [-0.1, -0.05) is 41.1 Å². The van der Waals surface area contributed by atoms with Gasteiger partial charge in [-0.2, -0.15) is 0 Å². The van der Waals surface area contributed by atoms with E-state index in [1.54, 1.807) is 13.0 Å². The minimum absolute atomic E-state index is 0.177. The summed E-state index contributed by atoms with van der Waals surface area (Å²) < 4.78 is 11.9. The van der Waals surface area contributed by atoms with E-state index >= 15 is 0 Å². The van der Waals surface area contributed by atoms with Gasteiger partial charge in [0.2, 0.25) is 5.89 Å². The summed E-state index contributed by atoms with van der Waals surface area (Å²) in [7, 11) is 0. The van der Waals surface area contributed by atoms with Crippen LogP contribution in [0.4, 0.5) is 0 Å². The summed E-state index contributed by atoms with van der Waals surface area (Å²) in [6, 6.07) is 5.68. The summed E-state index contributed by atoms with van der Waals surface area (Å²) in [6.45, 7) is 4.23. The fraction of sp³-hybridized carbons (Fsp3) is 0.263. The summed E-state index contributed by atoms with van der Waals surface area (Å²) >= 11 is 3.43. The Balaban J connectivity index is 2.03. The molecule has 0 saturated carbocycles. The minimum Gasteiger partial charge on any atom is -0.462 e. The van der Waals surface area contributed by atoms with Gasteiger partial charge in [-0.25, -0.2) is 9.78 Å². The molecule has 5 heteroatoms. The molecule has 0 aliphatic heterocycles. The molecule has 1 atom stereocenters. The van der Waals surface area contributed by atoms with Crippen LogP contribution < -0.4 is 0 Å². The van der Waals surface area contributed by atoms with Gasteiger partial charge in [0.05, 0.1) is 12.2 Å². The Morgan fingerprint density at radius 3 is 2.96 bits per heavy atom. The first-order valence-corrected chi connectivity index (χ1v) is 8.75. The van der Waals surface area contributed by atoms with Crippen LogP contribution in [0.3, 0.4) is 0 Å². The molecule has 1 aliphatic rings. The molecule has 0 N–H and O–H groups in total. The average molecular weight is 388 g/mol. The highest BCUT2D eigenvalue weighted by molar-refractivity contribution is 9.10. The fourth-order valence-electron chi connectivity index (χ4n) is 2.53. The number of hydrogen-bond donors (Lipinski definition) is 0. The smallest absolute Gasteiger partial charge is 0.337 e. The monoisotopic (exact) mass is 387 g/mol. The van der Waals surface area contributed by atoms with Crippen LogP contribution >= 0.6 is 15.9 Å². The summed E-state index contributed by atoms with van der Waals surface area (Å²) in [5.74, 6) is 0.346. The Bertz CT molecular complexity index is 861. The van der Waals surface area contributed by atoms with Crippen molar-refractivity contribution < 1.29 is 13.9 Å². The van der Waals surface area contributed by atoms with E-state index in [9.17, 15) is 4.79 Å². The van der Waals surface area contributed by atoms with Crippen molar-refractivity contribution in [2.24, 2.45) is 5.92 Å². The van der Waals surface area contributed by atoms with Crippen molar-refractivity contribution in [2.75, 3.05) is 6.61 Å². The second kappa shape index (κ2) is 7.18. The molecule has 1 aromatic heterocycles. The van der Waals surface area contributed by atoms with E-state index in [0.717, 1.165) is 22.0 Å². The summed E-state index contributed by atoms with van der Waals surface area (Å²) in [5.41, 5.74) is 2.77. The van der Waals surface area contributed by atoms with Gasteiger partial charge in [0.15, 0.2) is 5.58 Å². The zero-order chi connectivity index (χ0) is 17.1. The second-order valence-corrected chi connectivity index (χ2v) is 6.42. The topological polar surface area (TPSA) is 52.3 Å². The number of hydrogen-bond acceptors (Lipinski definition) is 4. The lowest BCUT2D eigenvalue weighted by Crippen LogP contribution is -2.07. The van der Waals surface area contributed by atoms with Gasteiger partial charge < -0.3 is 9.15 Å². The number of fused-ring (bicyclic) bond motifs is 1. The van der Waals surface area contributed by atoms with E-state index in [0.29, 0.717) is 23.7 Å². The molecule has 124 valence electrons. The molecule has 1 unspecified atom stereocenters. The van der Waals surface area contributed by atoms with Gasteiger partial charge in [-0.3, -0.25) is 0 Å². The van der Waals surface area contributed by atoms with E-state index in [1.807, 2.05) is 30.4 Å². The molecule has 1 aliphatic carbocycles. The lowest BCUT2D eigenvalue weighted by Gasteiger charge is -2.05. The predicted molar refractivity (Wildman–Crippen MR) is 97.3 cm³/mol. The number of halogens is 1. The van der Waals surface area contributed by atoms with Crippen LogP contribution in [0.2, 0.25) is 0 Å². The molecule has 4 nitrogen and oxygen atoms in total. The van der Waals surface area contributed by atoms with Crippen LogP contribution in [-0.4, -0.2) is 17.6 Å². The third-order valence-corrected chi connectivity index (χ3v) is 4.30. The average Bonchev–Trinajstić information content (AvgIpc) is 2.85. The van der Waals surface area contributed by atoms with Crippen LogP contribution in [-0.2, 0) is 9.53 Å². The van der Waals surface area contributed by atoms with Crippen molar-refractivity contribution in [3.05, 3.63) is 58.4 Å². The van der Waals surface area contributed by atoms with Crippen molar-refractivity contribution in [3.63, 3.8) is 0 Å². The molecule has 0 bridgehead atoms. The molecular formula is C19H18BrNO3. The van der Waals surface area contributed by atoms with Gasteiger partial charge >= 0.3 is 5.97 Å². The standard InChI is InChI=1S/C19H18BrNO3/c1-3-12-5-6-13(10-14(9-12)19(22)23-4-2)18-21-16-11-15(20)7-8-17(16)24-18/h5-12H,3-4H2,1-2H3. The summed E-state index contributed by atoms with van der Waals surface area (Å²) in [5, 5.41) is 0. The molecule has 2 aromatic rings. The first-order chi connectivity index (χ1) is 11.6. The third kappa shape index (κ3) is 3.51. The number of oxazole rings is 1. The summed E-state index contributed by atoms with van der Waals surface area (Å²) in [6.07, 6.45) is 8.63. The predicted octanol–water partition coefficient (Wildman–Crippen LogP) is 5.06. The Hall–Kier alpha value is -2.14. The fourth-order valence-corrected chi connectivity index (χ4v) is 2.88. The number of benzene rings is 1. The normalized spacial score (nSPS) is 17.4. The molecule has 1 heterocycles. The Morgan fingerprint density at radius 2 is 2.21 bits per heavy atom. The Labute approximate surface area is 149 Å². The molecule has 0 saturated heterocycles. The van der Waals surface area contributed by atoms with Crippen molar-refractivity contribution in [1.82, 2.24) is 4.98 Å². The number of carbonyl (C=O) groups excluding carboxylic acids is 1. The van der Waals surface area contributed by atoms with Gasteiger partial charge in [-0.05, 0) is 43.5 Å². The lowest BCUT2D eigenvalue weighted by atomic mass is 10.0. The van der Waals surface area contributed by atoms with E-state index in [-0.39, 0.29) is 11.9 Å². The maximum absolute atomic E-state index is 12.2. The van der Waals surface area contributed by atoms with E-state index in [2.05, 4.69) is 33.9 Å². The molecular weight excluding hydrogens is 370 g/mol. The van der Waals surface area contributed by atoms with Crippen LogP contribution in [0, 0.1) is 5.92 Å². The molecule has 0 spiro atoms. The number of rotatable bonds is 4. The van der Waals surface area contributed by atoms with Crippen molar-refractivity contribution in [1.29, 1.82) is 0 Å². The molecule has 3 rings (SSSR count). The molecule has 0 radical (unpaired) electrons. The number of allylic oxidation sites excluding steroid dienone is 4. The quantitative estimate of drug-likeness (QED) is 0.687. The molecule has 1 aromatic carbocycles.